The van der Waals surface area contributed by atoms with Gasteiger partial charge in [0, 0.05) is 26.8 Å². The van der Waals surface area contributed by atoms with Crippen molar-refractivity contribution in [3.05, 3.63) is 217 Å². The van der Waals surface area contributed by atoms with Gasteiger partial charge in [-0.1, -0.05) is 158 Å². The number of fused-ring (bicyclic) bond motifs is 15. The summed E-state index contributed by atoms with van der Waals surface area (Å²) >= 11 is 1.78. The van der Waals surface area contributed by atoms with Crippen LogP contribution in [0.25, 0.3) is 64.5 Å². The molecule has 2 heterocycles. The van der Waals surface area contributed by atoms with Crippen LogP contribution in [0, 0.1) is 0 Å². The van der Waals surface area contributed by atoms with E-state index < -0.39 is 5.41 Å². The number of hydrogen-bond donors (Lipinski definition) is 0. The number of anilines is 3. The molecule has 2 nitrogen and oxygen atoms in total. The Morgan fingerprint density at radius 1 is 0.400 bits per heavy atom. The van der Waals surface area contributed by atoms with E-state index in [0.717, 1.165) is 21.9 Å². The van der Waals surface area contributed by atoms with E-state index in [-0.39, 0.29) is 0 Å². The third kappa shape index (κ3) is 4.27. The Labute approximate surface area is 323 Å². The summed E-state index contributed by atoms with van der Waals surface area (Å²) in [6, 6.07) is 69.3. The van der Waals surface area contributed by atoms with Gasteiger partial charge in [-0.2, -0.15) is 0 Å². The molecular formula is C52H32N2S. The fourth-order valence-corrected chi connectivity index (χ4v) is 10.8. The van der Waals surface area contributed by atoms with Crippen LogP contribution in [0.15, 0.2) is 194 Å². The lowest BCUT2D eigenvalue weighted by Gasteiger charge is -2.32. The summed E-state index contributed by atoms with van der Waals surface area (Å²) in [5.74, 6) is 0. The lowest BCUT2D eigenvalue weighted by molar-refractivity contribution is 0.793. The largest absolute Gasteiger partial charge is 0.309 e. The first-order valence-electron chi connectivity index (χ1n) is 18.9. The van der Waals surface area contributed by atoms with E-state index in [9.17, 15) is 0 Å². The molecule has 2 aliphatic carbocycles. The van der Waals surface area contributed by atoms with E-state index in [2.05, 4.69) is 199 Å². The van der Waals surface area contributed by atoms with Gasteiger partial charge in [0.05, 0.1) is 17.3 Å². The van der Waals surface area contributed by atoms with E-state index in [1.165, 1.54) is 81.9 Å². The van der Waals surface area contributed by atoms with Crippen LogP contribution in [-0.4, -0.2) is 4.98 Å². The third-order valence-corrected chi connectivity index (χ3v) is 13.1. The Morgan fingerprint density at radius 2 is 0.982 bits per heavy atom. The molecule has 1 spiro atoms. The predicted octanol–water partition coefficient (Wildman–Crippen LogP) is 14.1. The maximum absolute atomic E-state index is 5.17. The molecule has 3 heteroatoms. The van der Waals surface area contributed by atoms with Gasteiger partial charge in [-0.05, 0) is 96.7 Å². The Hall–Kier alpha value is -6.81. The van der Waals surface area contributed by atoms with E-state index in [1.54, 1.807) is 11.3 Å². The van der Waals surface area contributed by atoms with Crippen molar-refractivity contribution in [1.29, 1.82) is 0 Å². The van der Waals surface area contributed by atoms with Gasteiger partial charge in [0.25, 0.3) is 0 Å². The summed E-state index contributed by atoms with van der Waals surface area (Å²) in [5, 5.41) is 4.95. The van der Waals surface area contributed by atoms with Crippen molar-refractivity contribution in [3.8, 4) is 33.4 Å². The summed E-state index contributed by atoms with van der Waals surface area (Å²) in [6.45, 7) is 0. The van der Waals surface area contributed by atoms with Crippen LogP contribution in [0.1, 0.15) is 22.3 Å². The number of pyridine rings is 1. The zero-order valence-electron chi connectivity index (χ0n) is 29.8. The molecule has 0 atom stereocenters. The monoisotopic (exact) mass is 716 g/mol. The maximum Gasteiger partial charge on any atom is 0.124 e. The quantitative estimate of drug-likeness (QED) is 0.180. The minimum absolute atomic E-state index is 0.426. The van der Waals surface area contributed by atoms with Gasteiger partial charge in [0.15, 0.2) is 0 Å². The van der Waals surface area contributed by atoms with E-state index in [4.69, 9.17) is 4.98 Å². The van der Waals surface area contributed by atoms with E-state index in [0.29, 0.717) is 0 Å². The van der Waals surface area contributed by atoms with Crippen LogP contribution in [0.4, 0.5) is 17.1 Å². The molecular weight excluding hydrogens is 685 g/mol. The van der Waals surface area contributed by atoms with E-state index in [1.807, 2.05) is 0 Å². The van der Waals surface area contributed by atoms with Crippen LogP contribution >= 0.6 is 11.3 Å². The van der Waals surface area contributed by atoms with Crippen molar-refractivity contribution in [3.63, 3.8) is 0 Å². The normalized spacial score (nSPS) is 13.2. The summed E-state index contributed by atoms with van der Waals surface area (Å²) in [6.07, 6.45) is 2.06. The molecule has 0 aliphatic heterocycles. The van der Waals surface area contributed by atoms with Crippen molar-refractivity contribution in [2.24, 2.45) is 0 Å². The zero-order valence-corrected chi connectivity index (χ0v) is 30.6. The lowest BCUT2D eigenvalue weighted by Crippen LogP contribution is -2.26. The second-order valence-corrected chi connectivity index (χ2v) is 15.7. The lowest BCUT2D eigenvalue weighted by atomic mass is 9.70. The number of nitrogens with zero attached hydrogens (tertiary/aromatic N) is 2. The Balaban J connectivity index is 1.11. The van der Waals surface area contributed by atoms with Gasteiger partial charge in [0.2, 0.25) is 0 Å². The predicted molar refractivity (Wildman–Crippen MR) is 231 cm³/mol. The second kappa shape index (κ2) is 11.6. The van der Waals surface area contributed by atoms with Crippen molar-refractivity contribution < 1.29 is 0 Å². The second-order valence-electron chi connectivity index (χ2n) is 14.7. The van der Waals surface area contributed by atoms with Gasteiger partial charge in [-0.15, -0.1) is 11.3 Å². The number of rotatable bonds is 4. The minimum Gasteiger partial charge on any atom is -0.309 e. The molecule has 8 aromatic carbocycles. The van der Waals surface area contributed by atoms with Crippen LogP contribution in [-0.2, 0) is 5.41 Å². The summed E-state index contributed by atoms with van der Waals surface area (Å²) in [4.78, 5) is 8.63. The van der Waals surface area contributed by atoms with Crippen molar-refractivity contribution >= 4 is 59.5 Å². The van der Waals surface area contributed by atoms with Crippen LogP contribution in [0.5, 0.6) is 0 Å². The van der Waals surface area contributed by atoms with E-state index >= 15 is 0 Å². The smallest absolute Gasteiger partial charge is 0.124 e. The first kappa shape index (κ1) is 30.6. The summed E-state index contributed by atoms with van der Waals surface area (Å²) in [5.41, 5.74) is 15.8. The molecule has 0 saturated heterocycles. The molecule has 55 heavy (non-hydrogen) atoms. The fraction of sp³-hybridized carbons (Fsp3) is 0.0192. The molecule has 2 aromatic heterocycles. The zero-order chi connectivity index (χ0) is 36.1. The fourth-order valence-electron chi connectivity index (χ4n) is 9.60. The molecule has 0 unspecified atom stereocenters. The molecule has 12 rings (SSSR count). The first-order valence-corrected chi connectivity index (χ1v) is 19.7. The Morgan fingerprint density at radius 3 is 1.69 bits per heavy atom. The van der Waals surface area contributed by atoms with Crippen LogP contribution in [0.2, 0.25) is 0 Å². The molecule has 256 valence electrons. The van der Waals surface area contributed by atoms with Crippen molar-refractivity contribution in [1.82, 2.24) is 4.98 Å². The SMILES string of the molecule is c1ccc(-c2ccc(N(c3ccc4c(c3)C3(c5ccccc5-c5ccccc53)c3ccccc3-4)c3cnc4sc5c6ccccc6ccc5c4c3)cc2)cc1. The van der Waals surface area contributed by atoms with Gasteiger partial charge in [-0.3, -0.25) is 0 Å². The number of hydrogen-bond acceptors (Lipinski definition) is 3. The molecule has 0 amide bonds. The molecule has 0 N–H and O–H groups in total. The Kier molecular flexibility index (Phi) is 6.46. The topological polar surface area (TPSA) is 16.1 Å². The van der Waals surface area contributed by atoms with Crippen LogP contribution < -0.4 is 4.90 Å². The standard InChI is InChI=1S/C52H32N2S/c1-2-12-33(13-3-1)34-22-25-36(26-23-34)54(38-30-45-44-28-24-35-14-4-5-15-39(35)50(44)55-51(45)53-32-38)37-27-29-43-42-18-8-11-21-48(42)52(49(43)31-37)46-19-9-6-16-40(46)41-17-7-10-20-47(41)52/h1-32H. The van der Waals surface area contributed by atoms with Gasteiger partial charge < -0.3 is 4.90 Å². The average molecular weight is 717 g/mol. The molecule has 0 fully saturated rings. The number of aromatic nitrogens is 1. The highest BCUT2D eigenvalue weighted by molar-refractivity contribution is 7.26. The molecule has 0 bridgehead atoms. The van der Waals surface area contributed by atoms with Gasteiger partial charge in [0.1, 0.15) is 4.83 Å². The Bertz CT molecular complexity index is 3090. The first-order chi connectivity index (χ1) is 27.3. The molecule has 2 aliphatic rings. The van der Waals surface area contributed by atoms with Gasteiger partial charge >= 0.3 is 0 Å². The minimum atomic E-state index is -0.426. The third-order valence-electron chi connectivity index (χ3n) is 11.9. The van der Waals surface area contributed by atoms with Crippen LogP contribution in [0.3, 0.4) is 0 Å². The summed E-state index contributed by atoms with van der Waals surface area (Å²) < 4.78 is 1.28. The highest BCUT2D eigenvalue weighted by Gasteiger charge is 2.51. The molecule has 10 aromatic rings. The molecule has 0 radical (unpaired) electrons. The number of benzene rings is 8. The molecule has 0 saturated carbocycles. The van der Waals surface area contributed by atoms with Gasteiger partial charge in [-0.25, -0.2) is 4.98 Å². The average Bonchev–Trinajstić information content (AvgIpc) is 3.88. The highest BCUT2D eigenvalue weighted by Crippen LogP contribution is 2.63. The number of thiophene rings is 1. The highest BCUT2D eigenvalue weighted by atomic mass is 32.1. The van der Waals surface area contributed by atoms with Crippen molar-refractivity contribution in [2.75, 3.05) is 4.90 Å². The summed E-state index contributed by atoms with van der Waals surface area (Å²) in [7, 11) is 0. The maximum atomic E-state index is 5.17. The van der Waals surface area contributed by atoms with Crippen molar-refractivity contribution in [2.45, 2.75) is 5.41 Å².